The molecule has 7 heteroatoms. The molecular formula is C36H38B2N2O3. The van der Waals surface area contributed by atoms with Gasteiger partial charge >= 0.3 is 0 Å². The van der Waals surface area contributed by atoms with Gasteiger partial charge in [0, 0.05) is 41.8 Å². The van der Waals surface area contributed by atoms with E-state index >= 15 is 0 Å². The number of nitrogens with one attached hydrogen (secondary N) is 1. The molecule has 4 radical (unpaired) electrons. The van der Waals surface area contributed by atoms with Gasteiger partial charge in [-0.25, -0.2) is 0 Å². The van der Waals surface area contributed by atoms with E-state index in [9.17, 15) is 0 Å². The average molecular weight is 568 g/mol. The van der Waals surface area contributed by atoms with Gasteiger partial charge in [-0.1, -0.05) is 98.3 Å². The molecule has 5 nitrogen and oxygen atoms in total. The Balaban J connectivity index is 0.000000173. The van der Waals surface area contributed by atoms with Gasteiger partial charge in [0.15, 0.2) is 0 Å². The minimum atomic E-state index is -0.0602. The van der Waals surface area contributed by atoms with E-state index in [4.69, 9.17) is 30.3 Å². The largest absolute Gasteiger partial charge is 0.488 e. The van der Waals surface area contributed by atoms with Crippen molar-refractivity contribution in [2.45, 2.75) is 45.2 Å². The Hall–Kier alpha value is -4.35. The van der Waals surface area contributed by atoms with E-state index in [-0.39, 0.29) is 18.2 Å². The summed E-state index contributed by atoms with van der Waals surface area (Å²) >= 11 is 0. The van der Waals surface area contributed by atoms with Gasteiger partial charge in [0.1, 0.15) is 24.7 Å². The van der Waals surface area contributed by atoms with Crippen molar-refractivity contribution >= 4 is 37.5 Å². The first-order valence-electron chi connectivity index (χ1n) is 14.5. The van der Waals surface area contributed by atoms with Gasteiger partial charge in [-0.3, -0.25) is 0 Å². The minimum absolute atomic E-state index is 0.0602. The van der Waals surface area contributed by atoms with Crippen molar-refractivity contribution in [2.75, 3.05) is 6.61 Å². The van der Waals surface area contributed by atoms with Crippen LogP contribution in [0.15, 0.2) is 122 Å². The molecule has 2 N–H and O–H groups in total. The zero-order valence-electron chi connectivity index (χ0n) is 24.9. The predicted molar refractivity (Wildman–Crippen MR) is 179 cm³/mol. The molecule has 0 bridgehead atoms. The van der Waals surface area contributed by atoms with Crippen LogP contribution < -0.4 is 9.47 Å². The number of benzene rings is 4. The second kappa shape index (κ2) is 16.3. The monoisotopic (exact) mass is 568 g/mol. The van der Waals surface area contributed by atoms with Gasteiger partial charge in [-0.2, -0.15) is 0 Å². The second-order valence-electron chi connectivity index (χ2n) is 10.5. The fraction of sp³-hybridized carbons (Fsp3) is 0.222. The lowest BCUT2D eigenvalue weighted by atomic mass is 9.90. The van der Waals surface area contributed by atoms with Crippen molar-refractivity contribution in [3.63, 3.8) is 0 Å². The molecule has 2 aromatic heterocycles. The number of aromatic amines is 1. The Morgan fingerprint density at radius 1 is 0.674 bits per heavy atom. The summed E-state index contributed by atoms with van der Waals surface area (Å²) in [6.45, 7) is 5.84. The molecule has 0 aliphatic carbocycles. The predicted octanol–water partition coefficient (Wildman–Crippen LogP) is 7.90. The van der Waals surface area contributed by atoms with E-state index in [0.717, 1.165) is 39.8 Å². The third kappa shape index (κ3) is 9.59. The fourth-order valence-corrected chi connectivity index (χ4v) is 4.44. The van der Waals surface area contributed by atoms with Gasteiger partial charge in [0.05, 0.1) is 21.2 Å². The highest BCUT2D eigenvalue weighted by Gasteiger charge is 2.08. The normalized spacial score (nSPS) is 12.0. The fourth-order valence-electron chi connectivity index (χ4n) is 4.44. The summed E-state index contributed by atoms with van der Waals surface area (Å²) < 4.78 is 14.0. The summed E-state index contributed by atoms with van der Waals surface area (Å²) in [7, 11) is 10.9. The number of aliphatic hydroxyl groups is 1. The molecule has 1 unspecified atom stereocenters. The van der Waals surface area contributed by atoms with Gasteiger partial charge in [0.25, 0.3) is 0 Å². The number of hydrogen-bond donors (Lipinski definition) is 2. The van der Waals surface area contributed by atoms with E-state index in [2.05, 4.69) is 52.1 Å². The lowest BCUT2D eigenvalue weighted by molar-refractivity contribution is 0.295. The van der Waals surface area contributed by atoms with Gasteiger partial charge < -0.3 is 24.1 Å². The molecule has 0 aliphatic heterocycles. The second-order valence-corrected chi connectivity index (χ2v) is 10.5. The Bertz CT molecular complexity index is 1650. The van der Waals surface area contributed by atoms with E-state index in [1.165, 1.54) is 11.1 Å². The maximum absolute atomic E-state index is 8.02. The maximum atomic E-state index is 8.02. The molecule has 0 amide bonds. The summed E-state index contributed by atoms with van der Waals surface area (Å²) in [5.41, 5.74) is 4.62. The number of ether oxygens (including phenoxy) is 2. The molecule has 43 heavy (non-hydrogen) atoms. The SMILES string of the molecule is [B]C(C)CO.[B][C@H](C)Cn1ccc2c(OCc3ccccc3)cccc21.c1ccc(COc2cccc3[nH]ccc23)cc1. The van der Waals surface area contributed by atoms with Crippen LogP contribution in [0.1, 0.15) is 25.0 Å². The van der Waals surface area contributed by atoms with Crippen molar-refractivity contribution in [2.24, 2.45) is 0 Å². The van der Waals surface area contributed by atoms with Crippen LogP contribution in [-0.4, -0.2) is 37.0 Å². The topological polar surface area (TPSA) is 59.4 Å². The van der Waals surface area contributed by atoms with Gasteiger partial charge in [-0.15, -0.1) is 0 Å². The molecule has 0 saturated carbocycles. The number of nitrogens with zero attached hydrogens (tertiary/aromatic N) is 1. The van der Waals surface area contributed by atoms with Crippen LogP contribution >= 0.6 is 0 Å². The summed E-state index contributed by atoms with van der Waals surface area (Å²) in [4.78, 5) is 3.18. The number of aliphatic hydroxyl groups excluding tert-OH is 1. The highest BCUT2D eigenvalue weighted by atomic mass is 16.5. The Morgan fingerprint density at radius 2 is 1.23 bits per heavy atom. The highest BCUT2D eigenvalue weighted by molar-refractivity contribution is 6.11. The molecule has 2 atom stereocenters. The lowest BCUT2D eigenvalue weighted by Crippen LogP contribution is -2.01. The van der Waals surface area contributed by atoms with Crippen LogP contribution in [-0.2, 0) is 19.8 Å². The van der Waals surface area contributed by atoms with Gasteiger partial charge in [-0.05, 0) is 47.5 Å². The lowest BCUT2D eigenvalue weighted by Gasteiger charge is -2.10. The number of H-pyrrole nitrogens is 1. The number of aromatic nitrogens is 2. The molecule has 216 valence electrons. The van der Waals surface area contributed by atoms with E-state index in [1.807, 2.05) is 85.9 Å². The molecule has 0 fully saturated rings. The first kappa shape index (κ1) is 31.6. The van der Waals surface area contributed by atoms with Crippen LogP contribution in [0.2, 0.25) is 11.6 Å². The molecule has 0 saturated heterocycles. The Labute approximate surface area is 257 Å². The molecule has 6 aromatic rings. The Morgan fingerprint density at radius 3 is 1.79 bits per heavy atom. The van der Waals surface area contributed by atoms with Crippen LogP contribution in [0, 0.1) is 0 Å². The summed E-state index contributed by atoms with van der Waals surface area (Å²) in [5, 5.41) is 10.3. The number of fused-ring (bicyclic) bond motifs is 2. The van der Waals surface area contributed by atoms with Crippen molar-refractivity contribution in [3.8, 4) is 11.5 Å². The van der Waals surface area contributed by atoms with Crippen LogP contribution in [0.5, 0.6) is 11.5 Å². The van der Waals surface area contributed by atoms with E-state index in [1.54, 1.807) is 6.92 Å². The van der Waals surface area contributed by atoms with Crippen molar-refractivity contribution in [3.05, 3.63) is 133 Å². The molecule has 0 spiro atoms. The first-order chi connectivity index (χ1) is 20.9. The maximum Gasteiger partial charge on any atom is 0.129 e. The minimum Gasteiger partial charge on any atom is -0.488 e. The quantitative estimate of drug-likeness (QED) is 0.174. The molecule has 2 heterocycles. The molecule has 4 aromatic carbocycles. The average Bonchev–Trinajstić information content (AvgIpc) is 3.68. The highest BCUT2D eigenvalue weighted by Crippen LogP contribution is 2.28. The third-order valence-corrected chi connectivity index (χ3v) is 6.58. The molecular weight excluding hydrogens is 530 g/mol. The first-order valence-corrected chi connectivity index (χ1v) is 14.5. The van der Waals surface area contributed by atoms with Crippen molar-refractivity contribution in [1.29, 1.82) is 0 Å². The van der Waals surface area contributed by atoms with Gasteiger partial charge in [0.2, 0.25) is 0 Å². The smallest absolute Gasteiger partial charge is 0.129 e. The van der Waals surface area contributed by atoms with Crippen molar-refractivity contribution < 1.29 is 14.6 Å². The zero-order valence-corrected chi connectivity index (χ0v) is 24.9. The number of rotatable bonds is 9. The third-order valence-electron chi connectivity index (χ3n) is 6.58. The molecule has 6 rings (SSSR count). The van der Waals surface area contributed by atoms with Crippen LogP contribution in [0.4, 0.5) is 0 Å². The zero-order chi connectivity index (χ0) is 30.4. The van der Waals surface area contributed by atoms with Crippen molar-refractivity contribution in [1.82, 2.24) is 9.55 Å². The Kier molecular flexibility index (Phi) is 12.0. The summed E-state index contributed by atoms with van der Waals surface area (Å²) in [6, 6.07) is 36.7. The standard InChI is InChI=1S/C18H18BNO.C15H13NO.C3H7BO/c1-14(19)12-20-11-10-16-17(20)8-5-9-18(16)21-13-15-6-3-2-4-7-15;1-2-5-12(6-3-1)11-17-15-8-4-7-14-13(15)9-10-16-14;1-3(4)2-5/h2-11,14H,12-13H2,1H3;1-10,16H,11H2;3,5H,2H2,1H3/t14-;;/m1../s1. The summed E-state index contributed by atoms with van der Waals surface area (Å²) in [5.74, 6) is 1.91. The number of hydrogen-bond acceptors (Lipinski definition) is 3. The molecule has 0 aliphatic rings. The van der Waals surface area contributed by atoms with E-state index in [0.29, 0.717) is 13.2 Å². The van der Waals surface area contributed by atoms with Crippen LogP contribution in [0.25, 0.3) is 21.8 Å². The van der Waals surface area contributed by atoms with E-state index < -0.39 is 0 Å². The van der Waals surface area contributed by atoms with Crippen LogP contribution in [0.3, 0.4) is 0 Å². The summed E-state index contributed by atoms with van der Waals surface area (Å²) in [6.07, 6.45) is 4.00.